The van der Waals surface area contributed by atoms with Crippen molar-refractivity contribution in [2.45, 2.75) is 19.4 Å². The van der Waals surface area contributed by atoms with Gasteiger partial charge in [-0.05, 0) is 37.9 Å². The number of carbonyl (C=O) groups is 1. The van der Waals surface area contributed by atoms with Crippen LogP contribution in [-0.2, 0) is 9.53 Å². The van der Waals surface area contributed by atoms with E-state index in [1.807, 2.05) is 25.1 Å². The van der Waals surface area contributed by atoms with Crippen LogP contribution in [-0.4, -0.2) is 61.7 Å². The van der Waals surface area contributed by atoms with Crippen molar-refractivity contribution in [3.05, 3.63) is 24.4 Å². The van der Waals surface area contributed by atoms with Gasteiger partial charge in [-0.3, -0.25) is 9.69 Å². The third-order valence-electron chi connectivity index (χ3n) is 3.80. The summed E-state index contributed by atoms with van der Waals surface area (Å²) < 4.78 is 5.02. The van der Waals surface area contributed by atoms with E-state index < -0.39 is 0 Å². The number of hydrogen-bond donors (Lipinski definition) is 2. The largest absolute Gasteiger partial charge is 0.383 e. The molecule has 6 nitrogen and oxygen atoms in total. The maximum Gasteiger partial charge on any atom is 0.234 e. The average molecular weight is 306 g/mol. The Bertz CT molecular complexity index is 455. The number of rotatable bonds is 8. The summed E-state index contributed by atoms with van der Waals surface area (Å²) in [6, 6.07) is 5.91. The summed E-state index contributed by atoms with van der Waals surface area (Å²) in [4.78, 5) is 18.4. The Morgan fingerprint density at radius 3 is 3.14 bits per heavy atom. The van der Waals surface area contributed by atoms with Crippen LogP contribution < -0.4 is 10.6 Å². The van der Waals surface area contributed by atoms with Crippen LogP contribution in [0.1, 0.15) is 13.3 Å². The average Bonchev–Trinajstić information content (AvgIpc) is 2.93. The minimum Gasteiger partial charge on any atom is -0.383 e. The highest BCUT2D eigenvalue weighted by atomic mass is 16.5. The Morgan fingerprint density at radius 2 is 2.41 bits per heavy atom. The van der Waals surface area contributed by atoms with Crippen molar-refractivity contribution in [3.8, 4) is 0 Å². The molecule has 1 aromatic rings. The van der Waals surface area contributed by atoms with E-state index in [4.69, 9.17) is 4.74 Å². The zero-order valence-corrected chi connectivity index (χ0v) is 13.4. The summed E-state index contributed by atoms with van der Waals surface area (Å²) in [5.74, 6) is 1.54. The summed E-state index contributed by atoms with van der Waals surface area (Å²) in [7, 11) is 1.64. The molecule has 1 aliphatic rings. The first-order valence-corrected chi connectivity index (χ1v) is 7.83. The normalized spacial score (nSPS) is 19.8. The van der Waals surface area contributed by atoms with E-state index in [2.05, 4.69) is 20.5 Å². The number of nitrogens with one attached hydrogen (secondary N) is 2. The van der Waals surface area contributed by atoms with Crippen LogP contribution in [0.5, 0.6) is 0 Å². The zero-order chi connectivity index (χ0) is 15.8. The second-order valence-electron chi connectivity index (χ2n) is 5.91. The highest BCUT2D eigenvalue weighted by Crippen LogP contribution is 2.16. The molecule has 1 aromatic heterocycles. The van der Waals surface area contributed by atoms with Crippen molar-refractivity contribution in [1.29, 1.82) is 0 Å². The fourth-order valence-corrected chi connectivity index (χ4v) is 2.75. The number of amides is 1. The van der Waals surface area contributed by atoms with E-state index in [1.54, 1.807) is 13.3 Å². The van der Waals surface area contributed by atoms with Gasteiger partial charge in [0.05, 0.1) is 13.2 Å². The first-order valence-electron chi connectivity index (χ1n) is 7.83. The van der Waals surface area contributed by atoms with Crippen molar-refractivity contribution < 1.29 is 9.53 Å². The van der Waals surface area contributed by atoms with Crippen LogP contribution in [0.3, 0.4) is 0 Å². The van der Waals surface area contributed by atoms with Crippen LogP contribution in [0.25, 0.3) is 0 Å². The van der Waals surface area contributed by atoms with Crippen LogP contribution in [0.4, 0.5) is 5.82 Å². The van der Waals surface area contributed by atoms with Gasteiger partial charge >= 0.3 is 0 Å². The van der Waals surface area contributed by atoms with Crippen molar-refractivity contribution in [2.24, 2.45) is 5.92 Å². The summed E-state index contributed by atoms with van der Waals surface area (Å²) in [6.07, 6.45) is 2.90. The van der Waals surface area contributed by atoms with E-state index in [9.17, 15) is 4.79 Å². The van der Waals surface area contributed by atoms with Gasteiger partial charge in [0.15, 0.2) is 0 Å². The SMILES string of the molecule is COC[C@@H](C)NC(=O)CN1CC[C@@H](CNc2ccccn2)C1. The Labute approximate surface area is 132 Å². The zero-order valence-electron chi connectivity index (χ0n) is 13.4. The van der Waals surface area contributed by atoms with E-state index in [-0.39, 0.29) is 11.9 Å². The molecule has 1 amide bonds. The minimum atomic E-state index is 0.0571. The van der Waals surface area contributed by atoms with Crippen molar-refractivity contribution in [1.82, 2.24) is 15.2 Å². The predicted molar refractivity (Wildman–Crippen MR) is 86.8 cm³/mol. The fraction of sp³-hybridized carbons (Fsp3) is 0.625. The molecule has 0 aromatic carbocycles. The molecule has 1 fully saturated rings. The molecule has 2 atom stereocenters. The smallest absolute Gasteiger partial charge is 0.234 e. The molecule has 122 valence electrons. The molecule has 0 aliphatic carbocycles. The van der Waals surface area contributed by atoms with Gasteiger partial charge in [0.25, 0.3) is 0 Å². The molecule has 1 aliphatic heterocycles. The van der Waals surface area contributed by atoms with Gasteiger partial charge in [-0.15, -0.1) is 0 Å². The van der Waals surface area contributed by atoms with Crippen LogP contribution in [0.2, 0.25) is 0 Å². The van der Waals surface area contributed by atoms with Gasteiger partial charge in [-0.2, -0.15) is 0 Å². The molecule has 0 saturated carbocycles. The Kier molecular flexibility index (Phi) is 6.61. The van der Waals surface area contributed by atoms with Crippen molar-refractivity contribution >= 4 is 11.7 Å². The second kappa shape index (κ2) is 8.70. The number of likely N-dealkylation sites (tertiary alicyclic amines) is 1. The molecular formula is C16H26N4O2. The van der Waals surface area contributed by atoms with Gasteiger partial charge in [0.2, 0.25) is 5.91 Å². The molecule has 1 saturated heterocycles. The lowest BCUT2D eigenvalue weighted by Crippen LogP contribution is -2.42. The maximum absolute atomic E-state index is 11.9. The minimum absolute atomic E-state index is 0.0571. The van der Waals surface area contributed by atoms with Crippen molar-refractivity contribution in [2.75, 3.05) is 45.2 Å². The van der Waals surface area contributed by atoms with Gasteiger partial charge in [0, 0.05) is 32.4 Å². The number of methoxy groups -OCH3 is 1. The maximum atomic E-state index is 11.9. The first kappa shape index (κ1) is 16.7. The third kappa shape index (κ3) is 5.61. The van der Waals surface area contributed by atoms with Crippen LogP contribution in [0, 0.1) is 5.92 Å². The topological polar surface area (TPSA) is 66.5 Å². The molecule has 2 N–H and O–H groups in total. The number of pyridine rings is 1. The number of ether oxygens (including phenoxy) is 1. The molecular weight excluding hydrogens is 280 g/mol. The molecule has 22 heavy (non-hydrogen) atoms. The highest BCUT2D eigenvalue weighted by Gasteiger charge is 2.24. The van der Waals surface area contributed by atoms with E-state index in [0.717, 1.165) is 31.9 Å². The molecule has 0 bridgehead atoms. The molecule has 2 rings (SSSR count). The Morgan fingerprint density at radius 1 is 1.55 bits per heavy atom. The summed E-state index contributed by atoms with van der Waals surface area (Å²) in [6.45, 7) is 5.78. The second-order valence-corrected chi connectivity index (χ2v) is 5.91. The molecule has 6 heteroatoms. The fourth-order valence-electron chi connectivity index (χ4n) is 2.75. The summed E-state index contributed by atoms with van der Waals surface area (Å²) in [5.41, 5.74) is 0. The molecule has 2 heterocycles. The Balaban J connectivity index is 1.66. The highest BCUT2D eigenvalue weighted by molar-refractivity contribution is 5.78. The number of anilines is 1. The standard InChI is InChI=1S/C16H26N4O2/c1-13(12-22-2)19-16(21)11-20-8-6-14(10-20)9-18-15-5-3-4-7-17-15/h3-5,7,13-14H,6,8-12H2,1-2H3,(H,17,18)(H,19,21)/t13-,14+/m1/s1. The number of nitrogens with zero attached hydrogens (tertiary/aromatic N) is 2. The quantitative estimate of drug-likeness (QED) is 0.749. The van der Waals surface area contributed by atoms with E-state index in [0.29, 0.717) is 19.1 Å². The van der Waals surface area contributed by atoms with Gasteiger partial charge in [0.1, 0.15) is 5.82 Å². The van der Waals surface area contributed by atoms with Gasteiger partial charge in [-0.25, -0.2) is 4.98 Å². The Hall–Kier alpha value is -1.66. The van der Waals surface area contributed by atoms with Crippen LogP contribution in [0.15, 0.2) is 24.4 Å². The number of carbonyl (C=O) groups excluding carboxylic acids is 1. The molecule has 0 spiro atoms. The van der Waals surface area contributed by atoms with Gasteiger partial charge in [-0.1, -0.05) is 6.07 Å². The van der Waals surface area contributed by atoms with Crippen molar-refractivity contribution in [3.63, 3.8) is 0 Å². The molecule has 0 unspecified atom stereocenters. The number of aromatic nitrogens is 1. The lowest BCUT2D eigenvalue weighted by atomic mass is 10.1. The lowest BCUT2D eigenvalue weighted by molar-refractivity contribution is -0.123. The van der Waals surface area contributed by atoms with Crippen LogP contribution >= 0.6 is 0 Å². The first-order chi connectivity index (χ1) is 10.7. The van der Waals surface area contributed by atoms with Gasteiger partial charge < -0.3 is 15.4 Å². The van der Waals surface area contributed by atoms with E-state index in [1.165, 1.54) is 0 Å². The molecule has 0 radical (unpaired) electrons. The predicted octanol–water partition coefficient (Wildman–Crippen LogP) is 0.967. The monoisotopic (exact) mass is 306 g/mol. The summed E-state index contributed by atoms with van der Waals surface area (Å²) in [5, 5.41) is 6.30. The third-order valence-corrected chi connectivity index (χ3v) is 3.80. The lowest BCUT2D eigenvalue weighted by Gasteiger charge is -2.18. The number of hydrogen-bond acceptors (Lipinski definition) is 5. The van der Waals surface area contributed by atoms with E-state index >= 15 is 0 Å². The summed E-state index contributed by atoms with van der Waals surface area (Å²) >= 11 is 0.